The molecule has 2 aromatic heterocycles. The quantitative estimate of drug-likeness (QED) is 0.712. The Hall–Kier alpha value is -2.33. The van der Waals surface area contributed by atoms with E-state index >= 15 is 0 Å². The average Bonchev–Trinajstić information content (AvgIpc) is 3.25. The van der Waals surface area contributed by atoms with Crippen LogP contribution in [-0.2, 0) is 26.1 Å². The summed E-state index contributed by atoms with van der Waals surface area (Å²) in [7, 11) is -3.89. The highest BCUT2D eigenvalue weighted by atomic mass is 32.2. The van der Waals surface area contributed by atoms with Gasteiger partial charge < -0.3 is 9.47 Å². The molecule has 0 aliphatic carbocycles. The molecule has 1 aromatic carbocycles. The maximum Gasteiger partial charge on any atom is 0.243 e. The highest BCUT2D eigenvalue weighted by molar-refractivity contribution is 7.89. The number of benzene rings is 1. The lowest BCUT2D eigenvalue weighted by Crippen LogP contribution is -2.13. The Kier molecular flexibility index (Phi) is 4.68. The molecule has 1 aliphatic heterocycles. The van der Waals surface area contributed by atoms with Crippen molar-refractivity contribution in [1.82, 2.24) is 14.6 Å². The summed E-state index contributed by atoms with van der Waals surface area (Å²) in [5.74, 6) is 0. The second-order valence-electron chi connectivity index (χ2n) is 6.57. The molecular weight excluding hydrogens is 368 g/mol. The number of nitrogens with zero attached hydrogens (tertiary/aromatic N) is 3. The van der Waals surface area contributed by atoms with Crippen molar-refractivity contribution >= 4 is 15.7 Å². The van der Waals surface area contributed by atoms with E-state index in [1.165, 1.54) is 4.52 Å². The summed E-state index contributed by atoms with van der Waals surface area (Å²) in [5.41, 5.74) is 3.35. The van der Waals surface area contributed by atoms with Crippen molar-refractivity contribution in [2.45, 2.75) is 31.0 Å². The van der Waals surface area contributed by atoms with Crippen LogP contribution >= 0.6 is 0 Å². The number of aromatic nitrogens is 3. The molecular formula is C18H20N4O4S. The van der Waals surface area contributed by atoms with E-state index in [-0.39, 0.29) is 16.6 Å². The first-order valence-electron chi connectivity index (χ1n) is 8.58. The van der Waals surface area contributed by atoms with E-state index in [0.717, 1.165) is 29.7 Å². The molecule has 3 heterocycles. The number of primary sulfonamides is 1. The third-order valence-electron chi connectivity index (χ3n) is 4.51. The number of hydrogen-bond donors (Lipinski definition) is 1. The SMILES string of the molecule is Cc1nn2cc(-c3cccc(COC4CCOC4)c3)cnc2c1S(N)(=O)=O. The molecule has 1 saturated heterocycles. The Labute approximate surface area is 157 Å². The molecule has 4 rings (SSSR count). The van der Waals surface area contributed by atoms with Gasteiger partial charge in [-0.3, -0.25) is 0 Å². The van der Waals surface area contributed by atoms with Crippen LogP contribution in [0.4, 0.5) is 0 Å². The third kappa shape index (κ3) is 3.72. The summed E-state index contributed by atoms with van der Waals surface area (Å²) >= 11 is 0. The second kappa shape index (κ2) is 7.01. The molecule has 1 fully saturated rings. The Morgan fingerprint density at radius 3 is 2.96 bits per heavy atom. The van der Waals surface area contributed by atoms with Crippen molar-refractivity contribution in [2.75, 3.05) is 13.2 Å². The first kappa shape index (κ1) is 18.1. The molecule has 1 aliphatic rings. The number of aryl methyl sites for hydroxylation is 1. The Balaban J connectivity index is 1.63. The second-order valence-corrected chi connectivity index (χ2v) is 8.07. The molecule has 1 atom stereocenters. The fourth-order valence-corrected chi connectivity index (χ4v) is 4.06. The molecule has 3 aromatic rings. The molecule has 1 unspecified atom stereocenters. The minimum Gasteiger partial charge on any atom is -0.379 e. The van der Waals surface area contributed by atoms with Crippen molar-refractivity contribution in [3.63, 3.8) is 0 Å². The molecule has 8 nitrogen and oxygen atoms in total. The van der Waals surface area contributed by atoms with Crippen LogP contribution in [-0.4, -0.2) is 42.3 Å². The van der Waals surface area contributed by atoms with Gasteiger partial charge in [-0.15, -0.1) is 0 Å². The zero-order chi connectivity index (χ0) is 19.0. The summed E-state index contributed by atoms with van der Waals surface area (Å²) < 4.78 is 36.2. The van der Waals surface area contributed by atoms with Gasteiger partial charge in [0.2, 0.25) is 10.0 Å². The number of nitrogens with two attached hydrogens (primary N) is 1. The van der Waals surface area contributed by atoms with Crippen LogP contribution < -0.4 is 5.14 Å². The standard InChI is InChI=1S/C18H20N4O4S/c1-12-17(27(19,23)24)18-20-8-15(9-22(18)21-12)14-4-2-3-13(7-14)10-26-16-5-6-25-11-16/h2-4,7-9,16H,5-6,10-11H2,1H3,(H2,19,23,24). The van der Waals surface area contributed by atoms with E-state index in [9.17, 15) is 8.42 Å². The van der Waals surface area contributed by atoms with Crippen LogP contribution in [0.1, 0.15) is 17.7 Å². The molecule has 0 bridgehead atoms. The summed E-state index contributed by atoms with van der Waals surface area (Å²) in [6, 6.07) is 7.94. The van der Waals surface area contributed by atoms with E-state index < -0.39 is 10.0 Å². The van der Waals surface area contributed by atoms with Gasteiger partial charge in [0, 0.05) is 24.6 Å². The lowest BCUT2D eigenvalue weighted by Gasteiger charge is -2.11. The number of fused-ring (bicyclic) bond motifs is 1. The van der Waals surface area contributed by atoms with E-state index in [4.69, 9.17) is 14.6 Å². The van der Waals surface area contributed by atoms with Gasteiger partial charge in [0.25, 0.3) is 0 Å². The van der Waals surface area contributed by atoms with Crippen LogP contribution in [0.25, 0.3) is 16.8 Å². The molecule has 0 amide bonds. The summed E-state index contributed by atoms with van der Waals surface area (Å²) in [6.07, 6.45) is 4.44. The van der Waals surface area contributed by atoms with Gasteiger partial charge in [-0.1, -0.05) is 18.2 Å². The number of sulfonamides is 1. The highest BCUT2D eigenvalue weighted by Gasteiger charge is 2.21. The van der Waals surface area contributed by atoms with Crippen LogP contribution in [0.15, 0.2) is 41.6 Å². The average molecular weight is 388 g/mol. The van der Waals surface area contributed by atoms with Gasteiger partial charge in [0.15, 0.2) is 5.65 Å². The van der Waals surface area contributed by atoms with E-state index in [1.807, 2.05) is 24.3 Å². The van der Waals surface area contributed by atoms with Crippen LogP contribution in [0.2, 0.25) is 0 Å². The van der Waals surface area contributed by atoms with Crippen molar-refractivity contribution in [1.29, 1.82) is 0 Å². The lowest BCUT2D eigenvalue weighted by atomic mass is 10.1. The molecule has 0 radical (unpaired) electrons. The minimum absolute atomic E-state index is 0.0463. The smallest absolute Gasteiger partial charge is 0.243 e. The zero-order valence-corrected chi connectivity index (χ0v) is 15.6. The molecule has 142 valence electrons. The highest BCUT2D eigenvalue weighted by Crippen LogP contribution is 2.24. The molecule has 9 heteroatoms. The van der Waals surface area contributed by atoms with Gasteiger partial charge >= 0.3 is 0 Å². The largest absolute Gasteiger partial charge is 0.379 e. The maximum atomic E-state index is 11.8. The molecule has 27 heavy (non-hydrogen) atoms. The zero-order valence-electron chi connectivity index (χ0n) is 14.8. The minimum atomic E-state index is -3.89. The lowest BCUT2D eigenvalue weighted by molar-refractivity contribution is 0.0318. The summed E-state index contributed by atoms with van der Waals surface area (Å²) in [4.78, 5) is 4.23. The summed E-state index contributed by atoms with van der Waals surface area (Å²) in [5, 5.41) is 9.51. The predicted octanol–water partition coefficient (Wildman–Crippen LogP) is 1.66. The first-order chi connectivity index (χ1) is 12.9. The summed E-state index contributed by atoms with van der Waals surface area (Å²) in [6.45, 7) is 3.50. The number of ether oxygens (including phenoxy) is 2. The topological polar surface area (TPSA) is 109 Å². The van der Waals surface area contributed by atoms with Gasteiger partial charge in [-0.2, -0.15) is 5.10 Å². The molecule has 0 spiro atoms. The molecule has 2 N–H and O–H groups in total. The Morgan fingerprint density at radius 1 is 1.37 bits per heavy atom. The van der Waals surface area contributed by atoms with Gasteiger partial charge in [-0.25, -0.2) is 23.1 Å². The van der Waals surface area contributed by atoms with Gasteiger partial charge in [0.05, 0.1) is 25.0 Å². The monoisotopic (exact) mass is 388 g/mol. The van der Waals surface area contributed by atoms with Crippen molar-refractivity contribution in [3.8, 4) is 11.1 Å². The number of hydrogen-bond acceptors (Lipinski definition) is 6. The van der Waals surface area contributed by atoms with E-state index in [1.54, 1.807) is 19.3 Å². The Morgan fingerprint density at radius 2 is 2.22 bits per heavy atom. The maximum absolute atomic E-state index is 11.8. The Bertz CT molecular complexity index is 1090. The van der Waals surface area contributed by atoms with Crippen LogP contribution in [0.5, 0.6) is 0 Å². The van der Waals surface area contributed by atoms with Gasteiger partial charge in [-0.05, 0) is 30.5 Å². The van der Waals surface area contributed by atoms with Crippen LogP contribution in [0.3, 0.4) is 0 Å². The fraction of sp³-hybridized carbons (Fsp3) is 0.333. The van der Waals surface area contributed by atoms with Crippen LogP contribution in [0, 0.1) is 6.92 Å². The normalized spacial score (nSPS) is 17.6. The fourth-order valence-electron chi connectivity index (χ4n) is 3.21. The third-order valence-corrected chi connectivity index (χ3v) is 5.56. The van der Waals surface area contributed by atoms with Gasteiger partial charge in [0.1, 0.15) is 4.90 Å². The van der Waals surface area contributed by atoms with E-state index in [2.05, 4.69) is 10.1 Å². The predicted molar refractivity (Wildman–Crippen MR) is 98.5 cm³/mol. The van der Waals surface area contributed by atoms with Crippen molar-refractivity contribution in [2.24, 2.45) is 5.14 Å². The van der Waals surface area contributed by atoms with Crippen molar-refractivity contribution in [3.05, 3.63) is 47.9 Å². The van der Waals surface area contributed by atoms with Crippen molar-refractivity contribution < 1.29 is 17.9 Å². The number of rotatable bonds is 5. The van der Waals surface area contributed by atoms with E-state index in [0.29, 0.717) is 18.9 Å². The first-order valence-corrected chi connectivity index (χ1v) is 10.1. The molecule has 0 saturated carbocycles.